The topological polar surface area (TPSA) is 46.3 Å². The first-order valence-electron chi connectivity index (χ1n) is 6.99. The van der Waals surface area contributed by atoms with Crippen molar-refractivity contribution in [2.24, 2.45) is 0 Å². The fourth-order valence-electron chi connectivity index (χ4n) is 2.83. The molecule has 0 saturated heterocycles. The molecule has 0 heterocycles. The van der Waals surface area contributed by atoms with Crippen molar-refractivity contribution in [2.75, 3.05) is 12.3 Å². The van der Waals surface area contributed by atoms with Crippen LogP contribution >= 0.6 is 15.9 Å². The van der Waals surface area contributed by atoms with Crippen molar-refractivity contribution in [2.45, 2.75) is 45.1 Å². The van der Waals surface area contributed by atoms with Gasteiger partial charge in [0.2, 0.25) is 0 Å². The summed E-state index contributed by atoms with van der Waals surface area (Å²) in [5.41, 5.74) is 7.11. The lowest BCUT2D eigenvalue weighted by molar-refractivity contribution is 0.0649. The number of rotatable bonds is 3. The van der Waals surface area contributed by atoms with Gasteiger partial charge < -0.3 is 10.6 Å². The second kappa shape index (κ2) is 6.42. The van der Waals surface area contributed by atoms with Crippen molar-refractivity contribution >= 4 is 27.5 Å². The molecule has 4 heteroatoms. The number of hydrogen-bond donors (Lipinski definition) is 1. The molecule has 0 radical (unpaired) electrons. The largest absolute Gasteiger partial charge is 0.398 e. The highest BCUT2D eigenvalue weighted by atomic mass is 79.9. The van der Waals surface area contributed by atoms with Gasteiger partial charge in [-0.1, -0.05) is 35.2 Å². The number of nitrogens with zero attached hydrogens (tertiary/aromatic N) is 1. The Labute approximate surface area is 123 Å². The standard InChI is InChI=1S/C15H21BrN2O/c1-2-18(12-6-4-3-5-7-12)15(19)13-10-11(16)8-9-14(13)17/h8-10,12H,2-7,17H2,1H3. The fraction of sp³-hybridized carbons (Fsp3) is 0.533. The van der Waals surface area contributed by atoms with Crippen LogP contribution in [-0.4, -0.2) is 23.4 Å². The number of halogens is 1. The molecule has 2 rings (SSSR count). The van der Waals surface area contributed by atoms with Crippen molar-refractivity contribution in [1.82, 2.24) is 4.90 Å². The van der Waals surface area contributed by atoms with Crippen LogP contribution in [0.3, 0.4) is 0 Å². The molecule has 1 aromatic rings. The SMILES string of the molecule is CCN(C(=O)c1cc(Br)ccc1N)C1CCCCC1. The molecule has 1 aliphatic carbocycles. The third kappa shape index (κ3) is 3.30. The highest BCUT2D eigenvalue weighted by molar-refractivity contribution is 9.10. The van der Waals surface area contributed by atoms with Crippen LogP contribution < -0.4 is 5.73 Å². The minimum Gasteiger partial charge on any atom is -0.398 e. The highest BCUT2D eigenvalue weighted by Gasteiger charge is 2.26. The molecular weight excluding hydrogens is 304 g/mol. The van der Waals surface area contributed by atoms with Gasteiger partial charge in [-0.2, -0.15) is 0 Å². The number of amides is 1. The van der Waals surface area contributed by atoms with Gasteiger partial charge in [0.25, 0.3) is 5.91 Å². The lowest BCUT2D eigenvalue weighted by Crippen LogP contribution is -2.41. The number of carbonyl (C=O) groups excluding carboxylic acids is 1. The minimum atomic E-state index is 0.0631. The molecule has 19 heavy (non-hydrogen) atoms. The minimum absolute atomic E-state index is 0.0631. The number of hydrogen-bond acceptors (Lipinski definition) is 2. The average molecular weight is 325 g/mol. The van der Waals surface area contributed by atoms with Crippen LogP contribution in [0.4, 0.5) is 5.69 Å². The Kier molecular flexibility index (Phi) is 4.86. The molecular formula is C15H21BrN2O. The van der Waals surface area contributed by atoms with Gasteiger partial charge in [-0.25, -0.2) is 0 Å². The normalized spacial score (nSPS) is 16.3. The monoisotopic (exact) mass is 324 g/mol. The summed E-state index contributed by atoms with van der Waals surface area (Å²) < 4.78 is 0.893. The molecule has 3 nitrogen and oxygen atoms in total. The maximum Gasteiger partial charge on any atom is 0.256 e. The van der Waals surface area contributed by atoms with Crippen LogP contribution in [0.25, 0.3) is 0 Å². The van der Waals surface area contributed by atoms with E-state index in [1.165, 1.54) is 19.3 Å². The van der Waals surface area contributed by atoms with Gasteiger partial charge in [-0.3, -0.25) is 4.79 Å². The van der Waals surface area contributed by atoms with E-state index in [0.717, 1.165) is 23.9 Å². The Bertz CT molecular complexity index is 455. The summed E-state index contributed by atoms with van der Waals surface area (Å²) >= 11 is 3.41. The summed E-state index contributed by atoms with van der Waals surface area (Å²) in [5.74, 6) is 0.0631. The first kappa shape index (κ1) is 14.4. The van der Waals surface area contributed by atoms with E-state index >= 15 is 0 Å². The van der Waals surface area contributed by atoms with E-state index in [4.69, 9.17) is 5.73 Å². The highest BCUT2D eigenvalue weighted by Crippen LogP contribution is 2.26. The van der Waals surface area contributed by atoms with Crippen molar-refractivity contribution in [3.8, 4) is 0 Å². The van der Waals surface area contributed by atoms with E-state index in [9.17, 15) is 4.79 Å². The van der Waals surface area contributed by atoms with E-state index in [0.29, 0.717) is 17.3 Å². The predicted octanol–water partition coefficient (Wildman–Crippen LogP) is 3.83. The Morgan fingerprint density at radius 2 is 2.05 bits per heavy atom. The second-order valence-electron chi connectivity index (χ2n) is 5.11. The molecule has 0 unspecified atom stereocenters. The van der Waals surface area contributed by atoms with Crippen molar-refractivity contribution in [3.63, 3.8) is 0 Å². The average Bonchev–Trinajstić information content (AvgIpc) is 2.43. The third-order valence-corrected chi connectivity index (χ3v) is 4.36. The van der Waals surface area contributed by atoms with Crippen molar-refractivity contribution in [3.05, 3.63) is 28.2 Å². The van der Waals surface area contributed by atoms with Gasteiger partial charge >= 0.3 is 0 Å². The molecule has 104 valence electrons. The van der Waals surface area contributed by atoms with Crippen molar-refractivity contribution < 1.29 is 4.79 Å². The van der Waals surface area contributed by atoms with Crippen LogP contribution in [-0.2, 0) is 0 Å². The van der Waals surface area contributed by atoms with Crippen LogP contribution in [0.1, 0.15) is 49.4 Å². The zero-order valence-corrected chi connectivity index (χ0v) is 12.9. The van der Waals surface area contributed by atoms with E-state index in [-0.39, 0.29) is 5.91 Å². The smallest absolute Gasteiger partial charge is 0.256 e. The molecule has 1 saturated carbocycles. The van der Waals surface area contributed by atoms with E-state index < -0.39 is 0 Å². The van der Waals surface area contributed by atoms with E-state index in [1.54, 1.807) is 6.07 Å². The summed E-state index contributed by atoms with van der Waals surface area (Å²) in [4.78, 5) is 14.7. The molecule has 1 aromatic carbocycles. The van der Waals surface area contributed by atoms with Crippen LogP contribution in [0, 0.1) is 0 Å². The molecule has 0 atom stereocenters. The van der Waals surface area contributed by atoms with Crippen LogP contribution in [0.15, 0.2) is 22.7 Å². The number of nitrogen functional groups attached to an aromatic ring is 1. The number of carbonyl (C=O) groups is 1. The van der Waals surface area contributed by atoms with Gasteiger partial charge in [-0.15, -0.1) is 0 Å². The van der Waals surface area contributed by atoms with E-state index in [2.05, 4.69) is 15.9 Å². The lowest BCUT2D eigenvalue weighted by atomic mass is 9.93. The van der Waals surface area contributed by atoms with E-state index in [1.807, 2.05) is 24.0 Å². The molecule has 1 aliphatic rings. The zero-order valence-electron chi connectivity index (χ0n) is 11.4. The summed E-state index contributed by atoms with van der Waals surface area (Å²) in [6, 6.07) is 5.85. The van der Waals surface area contributed by atoms with Crippen molar-refractivity contribution in [1.29, 1.82) is 0 Å². The molecule has 0 aromatic heterocycles. The van der Waals surface area contributed by atoms with Gasteiger partial charge in [0, 0.05) is 22.7 Å². The summed E-state index contributed by atoms with van der Waals surface area (Å²) in [7, 11) is 0. The Balaban J connectivity index is 2.22. The first-order valence-corrected chi connectivity index (χ1v) is 7.78. The quantitative estimate of drug-likeness (QED) is 0.859. The van der Waals surface area contributed by atoms with Gasteiger partial charge in [0.1, 0.15) is 0 Å². The summed E-state index contributed by atoms with van der Waals surface area (Å²) in [6.07, 6.45) is 5.98. The molecule has 2 N–H and O–H groups in total. The molecule has 0 bridgehead atoms. The maximum absolute atomic E-state index is 12.7. The Hall–Kier alpha value is -1.03. The first-order chi connectivity index (χ1) is 9.13. The summed E-state index contributed by atoms with van der Waals surface area (Å²) in [6.45, 7) is 2.79. The predicted molar refractivity (Wildman–Crippen MR) is 82.1 cm³/mol. The Morgan fingerprint density at radius 3 is 2.68 bits per heavy atom. The number of benzene rings is 1. The maximum atomic E-state index is 12.7. The van der Waals surface area contributed by atoms with Gasteiger partial charge in [-0.05, 0) is 38.0 Å². The third-order valence-electron chi connectivity index (χ3n) is 3.86. The van der Waals surface area contributed by atoms with Crippen LogP contribution in [0.5, 0.6) is 0 Å². The number of nitrogens with two attached hydrogens (primary N) is 1. The molecule has 0 spiro atoms. The number of anilines is 1. The van der Waals surface area contributed by atoms with Gasteiger partial charge in [0.15, 0.2) is 0 Å². The van der Waals surface area contributed by atoms with Gasteiger partial charge in [0.05, 0.1) is 5.56 Å². The molecule has 0 aliphatic heterocycles. The summed E-state index contributed by atoms with van der Waals surface area (Å²) in [5, 5.41) is 0. The fourth-order valence-corrected chi connectivity index (χ4v) is 3.19. The second-order valence-corrected chi connectivity index (χ2v) is 6.03. The van der Waals surface area contributed by atoms with Crippen LogP contribution in [0.2, 0.25) is 0 Å². The molecule has 1 amide bonds. The lowest BCUT2D eigenvalue weighted by Gasteiger charge is -2.34. The Morgan fingerprint density at radius 1 is 1.37 bits per heavy atom. The molecule has 1 fully saturated rings. The zero-order chi connectivity index (χ0) is 13.8.